The van der Waals surface area contributed by atoms with E-state index in [9.17, 15) is 18.5 Å². The molecule has 0 amide bonds. The monoisotopic (exact) mass is 436 g/mol. The Morgan fingerprint density at radius 1 is 1.07 bits per heavy atom. The Morgan fingerprint density at radius 3 is 2.10 bits per heavy atom. The number of anilines is 1. The maximum atomic E-state index is 13.5. The molecule has 9 nitrogen and oxygen atoms in total. The molecule has 0 aliphatic rings. The van der Waals surface area contributed by atoms with Gasteiger partial charge in [0.25, 0.3) is 15.7 Å². The van der Waals surface area contributed by atoms with E-state index in [2.05, 4.69) is 0 Å². The molecular formula is C20H24N2O7S. The molecule has 2 rings (SSSR count). The summed E-state index contributed by atoms with van der Waals surface area (Å²) in [4.78, 5) is 10.3. The van der Waals surface area contributed by atoms with E-state index in [1.165, 1.54) is 51.7 Å². The van der Waals surface area contributed by atoms with Gasteiger partial charge in [-0.15, -0.1) is 0 Å². The largest absolute Gasteiger partial charge is 0.493 e. The van der Waals surface area contributed by atoms with Crippen molar-refractivity contribution in [1.82, 2.24) is 0 Å². The quantitative estimate of drug-likeness (QED) is 0.334. The summed E-state index contributed by atoms with van der Waals surface area (Å²) in [6.45, 7) is 3.60. The minimum absolute atomic E-state index is 0.0463. The highest BCUT2D eigenvalue weighted by Crippen LogP contribution is 2.42. The lowest BCUT2D eigenvalue weighted by Crippen LogP contribution is -2.32. The predicted octanol–water partition coefficient (Wildman–Crippen LogP) is 3.78. The van der Waals surface area contributed by atoms with Gasteiger partial charge in [-0.2, -0.15) is 0 Å². The second kappa shape index (κ2) is 9.49. The minimum atomic E-state index is -4.30. The van der Waals surface area contributed by atoms with Crippen molar-refractivity contribution in [2.24, 2.45) is 0 Å². The molecule has 0 spiro atoms. The van der Waals surface area contributed by atoms with Crippen molar-refractivity contribution < 1.29 is 27.6 Å². The first-order chi connectivity index (χ1) is 14.2. The topological polar surface area (TPSA) is 108 Å². The maximum Gasteiger partial charge on any atom is 0.289 e. The number of rotatable bonds is 9. The molecule has 2 aromatic rings. The molecule has 0 heterocycles. The fourth-order valence-corrected chi connectivity index (χ4v) is 4.31. The Balaban J connectivity index is 2.77. The van der Waals surface area contributed by atoms with Crippen molar-refractivity contribution in [2.45, 2.75) is 18.7 Å². The lowest BCUT2D eigenvalue weighted by atomic mass is 10.2. The highest BCUT2D eigenvalue weighted by Gasteiger charge is 2.32. The van der Waals surface area contributed by atoms with Crippen LogP contribution in [-0.2, 0) is 10.0 Å². The van der Waals surface area contributed by atoms with Crippen molar-refractivity contribution in [3.8, 4) is 17.2 Å². The summed E-state index contributed by atoms with van der Waals surface area (Å²) in [5.74, 6) is 0.813. The van der Waals surface area contributed by atoms with Crippen LogP contribution in [0.2, 0.25) is 0 Å². The normalized spacial score (nSPS) is 10.8. The third-order valence-electron chi connectivity index (χ3n) is 4.23. The number of para-hydroxylation sites is 1. The summed E-state index contributed by atoms with van der Waals surface area (Å²) < 4.78 is 44.0. The molecule has 0 radical (unpaired) electrons. The number of nitro benzene ring substituents is 1. The Morgan fingerprint density at radius 2 is 1.63 bits per heavy atom. The number of nitro groups is 1. The molecule has 0 aliphatic heterocycles. The number of sulfonamides is 1. The molecule has 0 aromatic heterocycles. The number of hydrogen-bond acceptors (Lipinski definition) is 7. The van der Waals surface area contributed by atoms with E-state index < -0.39 is 25.5 Å². The van der Waals surface area contributed by atoms with Gasteiger partial charge in [-0.1, -0.05) is 23.8 Å². The molecule has 0 saturated heterocycles. The Bertz CT molecular complexity index is 1040. The van der Waals surface area contributed by atoms with Crippen LogP contribution in [0.3, 0.4) is 0 Å². The van der Waals surface area contributed by atoms with Crippen LogP contribution in [0.15, 0.2) is 52.9 Å². The van der Waals surface area contributed by atoms with E-state index in [1.807, 2.05) is 13.8 Å². The smallest absolute Gasteiger partial charge is 0.289 e. The van der Waals surface area contributed by atoms with E-state index in [1.54, 1.807) is 6.08 Å². The third kappa shape index (κ3) is 4.65. The number of methoxy groups -OCH3 is 3. The van der Waals surface area contributed by atoms with Gasteiger partial charge in [0.05, 0.1) is 38.5 Å². The molecule has 30 heavy (non-hydrogen) atoms. The van der Waals surface area contributed by atoms with Crippen LogP contribution < -0.4 is 18.5 Å². The molecular weight excluding hydrogens is 412 g/mol. The molecule has 0 aliphatic carbocycles. The van der Waals surface area contributed by atoms with Crippen LogP contribution in [-0.4, -0.2) is 41.2 Å². The first-order valence-electron chi connectivity index (χ1n) is 8.86. The standard InChI is InChI=1S/C20H24N2O7S/c1-14(2)10-11-21(15-12-17(27-3)20(29-5)18(13-15)28-4)30(25,26)19-9-7-6-8-16(19)22(23)24/h6-10,12-13H,11H2,1-5H3. The molecule has 162 valence electrons. The first-order valence-corrected chi connectivity index (χ1v) is 10.3. The van der Waals surface area contributed by atoms with Gasteiger partial charge in [-0.3, -0.25) is 14.4 Å². The number of nitrogens with zero attached hydrogens (tertiary/aromatic N) is 2. The average molecular weight is 436 g/mol. The number of benzene rings is 2. The lowest BCUT2D eigenvalue weighted by Gasteiger charge is -2.25. The molecule has 0 N–H and O–H groups in total. The van der Waals surface area contributed by atoms with E-state index in [0.717, 1.165) is 15.9 Å². The van der Waals surface area contributed by atoms with Crippen LogP contribution >= 0.6 is 0 Å². The molecule has 0 atom stereocenters. The average Bonchev–Trinajstić information content (AvgIpc) is 2.72. The maximum absolute atomic E-state index is 13.5. The van der Waals surface area contributed by atoms with Crippen molar-refractivity contribution in [2.75, 3.05) is 32.2 Å². The minimum Gasteiger partial charge on any atom is -0.493 e. The number of hydrogen-bond donors (Lipinski definition) is 0. The molecule has 0 bridgehead atoms. The van der Waals surface area contributed by atoms with Gasteiger partial charge in [-0.05, 0) is 19.9 Å². The van der Waals surface area contributed by atoms with Crippen LogP contribution in [0, 0.1) is 10.1 Å². The summed E-state index contributed by atoms with van der Waals surface area (Å²) >= 11 is 0. The molecule has 0 unspecified atom stereocenters. The van der Waals surface area contributed by atoms with Crippen LogP contribution in [0.5, 0.6) is 17.2 Å². The van der Waals surface area contributed by atoms with E-state index in [-0.39, 0.29) is 23.7 Å². The highest BCUT2D eigenvalue weighted by atomic mass is 32.2. The first kappa shape index (κ1) is 23.0. The van der Waals surface area contributed by atoms with Crippen LogP contribution in [0.4, 0.5) is 11.4 Å². The SMILES string of the molecule is COc1cc(N(CC=C(C)C)S(=O)(=O)c2ccccc2[N+](=O)[O-])cc(OC)c1OC. The van der Waals surface area contributed by atoms with Crippen molar-refractivity contribution in [1.29, 1.82) is 0 Å². The summed E-state index contributed by atoms with van der Waals surface area (Å²) in [7, 11) is -0.0348. The van der Waals surface area contributed by atoms with Gasteiger partial charge in [0.2, 0.25) is 5.75 Å². The van der Waals surface area contributed by atoms with Crippen molar-refractivity contribution in [3.05, 3.63) is 58.2 Å². The second-order valence-electron chi connectivity index (χ2n) is 6.43. The Hall–Kier alpha value is -3.27. The second-order valence-corrected chi connectivity index (χ2v) is 8.26. The predicted molar refractivity (Wildman–Crippen MR) is 113 cm³/mol. The van der Waals surface area contributed by atoms with Gasteiger partial charge in [-0.25, -0.2) is 8.42 Å². The number of allylic oxidation sites excluding steroid dienone is 1. The molecule has 0 fully saturated rings. The summed E-state index contributed by atoms with van der Waals surface area (Å²) in [5.41, 5.74) is 0.581. The number of ether oxygens (including phenoxy) is 3. The fraction of sp³-hybridized carbons (Fsp3) is 0.300. The zero-order valence-corrected chi connectivity index (χ0v) is 18.2. The van der Waals surface area contributed by atoms with Gasteiger partial charge < -0.3 is 14.2 Å². The fourth-order valence-electron chi connectivity index (χ4n) is 2.76. The Labute approximate surface area is 175 Å². The highest BCUT2D eigenvalue weighted by molar-refractivity contribution is 7.93. The van der Waals surface area contributed by atoms with E-state index in [0.29, 0.717) is 5.75 Å². The van der Waals surface area contributed by atoms with Crippen molar-refractivity contribution in [3.63, 3.8) is 0 Å². The zero-order chi connectivity index (χ0) is 22.5. The summed E-state index contributed by atoms with van der Waals surface area (Å²) in [6.07, 6.45) is 1.70. The van der Waals surface area contributed by atoms with Crippen LogP contribution in [0.25, 0.3) is 0 Å². The lowest BCUT2D eigenvalue weighted by molar-refractivity contribution is -0.387. The van der Waals surface area contributed by atoms with Gasteiger partial charge in [0, 0.05) is 18.2 Å². The zero-order valence-electron chi connectivity index (χ0n) is 17.4. The summed E-state index contributed by atoms with van der Waals surface area (Å²) in [5, 5.41) is 11.4. The summed E-state index contributed by atoms with van der Waals surface area (Å²) in [6, 6.07) is 8.17. The van der Waals surface area contributed by atoms with Gasteiger partial charge >= 0.3 is 0 Å². The molecule has 2 aromatic carbocycles. The van der Waals surface area contributed by atoms with E-state index in [4.69, 9.17) is 14.2 Å². The van der Waals surface area contributed by atoms with E-state index >= 15 is 0 Å². The third-order valence-corrected chi connectivity index (χ3v) is 6.07. The van der Waals surface area contributed by atoms with Crippen LogP contribution in [0.1, 0.15) is 13.8 Å². The Kier molecular flexibility index (Phi) is 7.28. The van der Waals surface area contributed by atoms with Gasteiger partial charge in [0.15, 0.2) is 16.4 Å². The van der Waals surface area contributed by atoms with Crippen molar-refractivity contribution >= 4 is 21.4 Å². The molecule has 10 heteroatoms. The molecule has 0 saturated carbocycles. The van der Waals surface area contributed by atoms with Gasteiger partial charge in [0.1, 0.15) is 0 Å².